The van der Waals surface area contributed by atoms with Gasteiger partial charge in [0, 0.05) is 6.54 Å². The van der Waals surface area contributed by atoms with Crippen molar-refractivity contribution >= 4 is 18.3 Å². The highest BCUT2D eigenvalue weighted by Gasteiger charge is 2.18. The summed E-state index contributed by atoms with van der Waals surface area (Å²) in [5.74, 6) is -0.0874. The van der Waals surface area contributed by atoms with Crippen molar-refractivity contribution in [2.24, 2.45) is 5.73 Å². The number of nitrogens with two attached hydrogens (primary N) is 1. The lowest BCUT2D eigenvalue weighted by Crippen LogP contribution is -2.26. The highest BCUT2D eigenvalue weighted by Crippen LogP contribution is 2.17. The molecule has 1 amide bonds. The van der Waals surface area contributed by atoms with Crippen LogP contribution in [0.4, 0.5) is 0 Å². The fraction of sp³-hybridized carbons (Fsp3) is 0.333. The van der Waals surface area contributed by atoms with Crippen LogP contribution in [0, 0.1) is 13.8 Å². The maximum atomic E-state index is 12.2. The molecule has 114 valence electrons. The van der Waals surface area contributed by atoms with E-state index >= 15 is 0 Å². The Morgan fingerprint density at radius 3 is 2.57 bits per heavy atom. The van der Waals surface area contributed by atoms with Gasteiger partial charge in [-0.15, -0.1) is 12.4 Å². The minimum atomic E-state index is -0.0874. The van der Waals surface area contributed by atoms with Crippen LogP contribution in [-0.2, 0) is 0 Å². The number of rotatable bonds is 5. The predicted octanol–water partition coefficient (Wildman–Crippen LogP) is 1.99. The predicted molar refractivity (Wildman–Crippen MR) is 86.3 cm³/mol. The monoisotopic (exact) mass is 308 g/mol. The van der Waals surface area contributed by atoms with Crippen LogP contribution in [0.1, 0.15) is 28.2 Å². The number of halogens is 1. The normalized spacial score (nSPS) is 10.0. The van der Waals surface area contributed by atoms with E-state index in [1.807, 2.05) is 44.2 Å². The van der Waals surface area contributed by atoms with Crippen LogP contribution in [0.3, 0.4) is 0 Å². The van der Waals surface area contributed by atoms with E-state index in [4.69, 9.17) is 5.73 Å². The largest absolute Gasteiger partial charge is 0.352 e. The number of aromatic nitrogens is 2. The molecule has 0 aliphatic rings. The third-order valence-electron chi connectivity index (χ3n) is 3.19. The fourth-order valence-corrected chi connectivity index (χ4v) is 2.18. The zero-order valence-electron chi connectivity index (χ0n) is 12.3. The molecule has 6 heteroatoms. The van der Waals surface area contributed by atoms with Crippen LogP contribution < -0.4 is 11.1 Å². The summed E-state index contributed by atoms with van der Waals surface area (Å²) in [6, 6.07) is 9.79. The number of carbonyl (C=O) groups is 1. The van der Waals surface area contributed by atoms with E-state index in [-0.39, 0.29) is 18.3 Å². The molecule has 1 aromatic heterocycles. The number of hydrogen-bond donors (Lipinski definition) is 2. The summed E-state index contributed by atoms with van der Waals surface area (Å²) < 4.78 is 1.80. The minimum Gasteiger partial charge on any atom is -0.352 e. The van der Waals surface area contributed by atoms with Crippen LogP contribution in [0.25, 0.3) is 5.69 Å². The molecule has 1 heterocycles. The number of para-hydroxylation sites is 1. The number of benzene rings is 1. The number of aryl methyl sites for hydroxylation is 1. The molecule has 0 saturated heterocycles. The third kappa shape index (κ3) is 3.83. The molecule has 0 aliphatic carbocycles. The van der Waals surface area contributed by atoms with Gasteiger partial charge in [-0.2, -0.15) is 5.10 Å². The van der Waals surface area contributed by atoms with Crippen LogP contribution in [0.2, 0.25) is 0 Å². The number of carbonyl (C=O) groups excluding carboxylic acids is 1. The number of nitrogens with zero attached hydrogens (tertiary/aromatic N) is 2. The summed E-state index contributed by atoms with van der Waals surface area (Å²) in [4.78, 5) is 12.2. The molecule has 0 bridgehead atoms. The quantitative estimate of drug-likeness (QED) is 0.830. The highest BCUT2D eigenvalue weighted by atomic mass is 35.5. The third-order valence-corrected chi connectivity index (χ3v) is 3.19. The lowest BCUT2D eigenvalue weighted by molar-refractivity contribution is 0.0952. The van der Waals surface area contributed by atoms with E-state index in [2.05, 4.69) is 10.4 Å². The Bertz CT molecular complexity index is 595. The van der Waals surface area contributed by atoms with E-state index in [1.54, 1.807) is 4.68 Å². The Morgan fingerprint density at radius 2 is 1.95 bits per heavy atom. The van der Waals surface area contributed by atoms with Gasteiger partial charge in [-0.05, 0) is 38.9 Å². The first-order valence-corrected chi connectivity index (χ1v) is 6.75. The van der Waals surface area contributed by atoms with Gasteiger partial charge in [0.25, 0.3) is 5.91 Å². The fourth-order valence-electron chi connectivity index (χ4n) is 2.18. The van der Waals surface area contributed by atoms with Crippen LogP contribution in [0.5, 0.6) is 0 Å². The second-order valence-corrected chi connectivity index (χ2v) is 4.69. The Balaban J connectivity index is 0.00000220. The van der Waals surface area contributed by atoms with Gasteiger partial charge in [0.15, 0.2) is 0 Å². The standard InChI is InChI=1S/C15H20N4O.ClH/c1-11-14(15(20)17-10-6-9-16)12(2)19(18-11)13-7-4-3-5-8-13;/h3-5,7-8H,6,9-10,16H2,1-2H3,(H,17,20);1H. The van der Waals surface area contributed by atoms with Gasteiger partial charge in [-0.25, -0.2) is 4.68 Å². The molecule has 21 heavy (non-hydrogen) atoms. The van der Waals surface area contributed by atoms with Crippen molar-refractivity contribution in [1.82, 2.24) is 15.1 Å². The van der Waals surface area contributed by atoms with E-state index in [1.165, 1.54) is 0 Å². The SMILES string of the molecule is Cc1nn(-c2ccccc2)c(C)c1C(=O)NCCCN.Cl. The molecule has 0 spiro atoms. The summed E-state index contributed by atoms with van der Waals surface area (Å²) in [5.41, 5.74) is 8.60. The van der Waals surface area contributed by atoms with Crippen molar-refractivity contribution in [3.8, 4) is 5.69 Å². The van der Waals surface area contributed by atoms with Crippen molar-refractivity contribution in [1.29, 1.82) is 0 Å². The lowest BCUT2D eigenvalue weighted by atomic mass is 10.2. The Kier molecular flexibility index (Phi) is 6.39. The number of amides is 1. The summed E-state index contributed by atoms with van der Waals surface area (Å²) in [6.07, 6.45) is 0.774. The molecule has 0 atom stereocenters. The molecule has 0 unspecified atom stereocenters. The van der Waals surface area contributed by atoms with Crippen molar-refractivity contribution in [2.75, 3.05) is 13.1 Å². The Hall–Kier alpha value is -1.85. The van der Waals surface area contributed by atoms with Gasteiger partial charge >= 0.3 is 0 Å². The summed E-state index contributed by atoms with van der Waals surface area (Å²) in [6.45, 7) is 4.92. The van der Waals surface area contributed by atoms with Gasteiger partial charge in [0.2, 0.25) is 0 Å². The molecule has 3 N–H and O–H groups in total. The molecule has 2 rings (SSSR count). The molecule has 0 saturated carbocycles. The highest BCUT2D eigenvalue weighted by molar-refractivity contribution is 5.96. The van der Waals surface area contributed by atoms with Gasteiger partial charge in [-0.1, -0.05) is 18.2 Å². The molecule has 0 fully saturated rings. The zero-order valence-corrected chi connectivity index (χ0v) is 13.1. The molecule has 0 radical (unpaired) electrons. The second-order valence-electron chi connectivity index (χ2n) is 4.69. The molecular formula is C15H21ClN4O. The van der Waals surface area contributed by atoms with E-state index in [0.29, 0.717) is 18.7 Å². The van der Waals surface area contributed by atoms with Gasteiger partial charge in [0.1, 0.15) is 0 Å². The topological polar surface area (TPSA) is 72.9 Å². The van der Waals surface area contributed by atoms with E-state index < -0.39 is 0 Å². The van der Waals surface area contributed by atoms with E-state index in [0.717, 1.165) is 23.5 Å². The van der Waals surface area contributed by atoms with Gasteiger partial charge < -0.3 is 11.1 Å². The molecule has 0 aliphatic heterocycles. The molecule has 2 aromatic rings. The van der Waals surface area contributed by atoms with Crippen LogP contribution in [0.15, 0.2) is 30.3 Å². The first kappa shape index (κ1) is 17.2. The summed E-state index contributed by atoms with van der Waals surface area (Å²) in [5, 5.41) is 7.33. The Morgan fingerprint density at radius 1 is 1.29 bits per heavy atom. The summed E-state index contributed by atoms with van der Waals surface area (Å²) in [7, 11) is 0. The smallest absolute Gasteiger partial charge is 0.255 e. The maximum Gasteiger partial charge on any atom is 0.255 e. The first-order chi connectivity index (χ1) is 9.65. The van der Waals surface area contributed by atoms with Crippen LogP contribution >= 0.6 is 12.4 Å². The van der Waals surface area contributed by atoms with Crippen molar-refractivity contribution in [3.63, 3.8) is 0 Å². The average molecular weight is 309 g/mol. The van der Waals surface area contributed by atoms with Crippen molar-refractivity contribution < 1.29 is 4.79 Å². The molecular weight excluding hydrogens is 288 g/mol. The van der Waals surface area contributed by atoms with E-state index in [9.17, 15) is 4.79 Å². The van der Waals surface area contributed by atoms with Gasteiger partial charge in [0.05, 0.1) is 22.6 Å². The number of hydrogen-bond acceptors (Lipinski definition) is 3. The second kappa shape index (κ2) is 7.81. The lowest BCUT2D eigenvalue weighted by Gasteiger charge is -2.06. The van der Waals surface area contributed by atoms with Gasteiger partial charge in [-0.3, -0.25) is 4.79 Å². The minimum absolute atomic E-state index is 0. The zero-order chi connectivity index (χ0) is 14.5. The molecule has 5 nitrogen and oxygen atoms in total. The van der Waals surface area contributed by atoms with Crippen LogP contribution in [-0.4, -0.2) is 28.8 Å². The maximum absolute atomic E-state index is 12.2. The average Bonchev–Trinajstić information content (AvgIpc) is 2.75. The summed E-state index contributed by atoms with van der Waals surface area (Å²) >= 11 is 0. The number of nitrogens with one attached hydrogen (secondary N) is 1. The first-order valence-electron chi connectivity index (χ1n) is 6.75. The van der Waals surface area contributed by atoms with Crippen molar-refractivity contribution in [2.45, 2.75) is 20.3 Å². The molecule has 1 aromatic carbocycles. The Labute approximate surface area is 130 Å². The van der Waals surface area contributed by atoms with Crippen molar-refractivity contribution in [3.05, 3.63) is 47.3 Å².